The topological polar surface area (TPSA) is 55.0 Å². The van der Waals surface area contributed by atoms with Gasteiger partial charge in [0.2, 0.25) is 0 Å². The van der Waals surface area contributed by atoms with E-state index in [1.165, 1.54) is 11.3 Å². The maximum atomic E-state index is 6.15. The summed E-state index contributed by atoms with van der Waals surface area (Å²) in [6.07, 6.45) is 2.18. The highest BCUT2D eigenvalue weighted by atomic mass is 15.1. The van der Waals surface area contributed by atoms with Gasteiger partial charge < -0.3 is 10.6 Å². The second-order valence-electron chi connectivity index (χ2n) is 6.11. The van der Waals surface area contributed by atoms with E-state index in [4.69, 9.17) is 15.7 Å². The van der Waals surface area contributed by atoms with E-state index in [9.17, 15) is 0 Å². The number of aryl methyl sites for hydroxylation is 1. The Labute approximate surface area is 136 Å². The van der Waals surface area contributed by atoms with Gasteiger partial charge in [-0.2, -0.15) is 0 Å². The highest BCUT2D eigenvalue weighted by Crippen LogP contribution is 2.32. The molecular formula is C19H20N4. The highest BCUT2D eigenvalue weighted by Gasteiger charge is 2.20. The Bertz CT molecular complexity index is 872. The van der Waals surface area contributed by atoms with E-state index in [-0.39, 0.29) is 0 Å². The summed E-state index contributed by atoms with van der Waals surface area (Å²) in [6, 6.07) is 14.2. The van der Waals surface area contributed by atoms with Gasteiger partial charge in [-0.25, -0.2) is 9.97 Å². The third-order valence-electron chi connectivity index (χ3n) is 4.57. The van der Waals surface area contributed by atoms with Gasteiger partial charge in [0, 0.05) is 17.9 Å². The van der Waals surface area contributed by atoms with Crippen molar-refractivity contribution in [3.63, 3.8) is 0 Å². The molecule has 2 N–H and O–H groups in total. The molecule has 1 aliphatic rings. The zero-order valence-electron chi connectivity index (χ0n) is 13.3. The van der Waals surface area contributed by atoms with Crippen LogP contribution < -0.4 is 10.6 Å². The van der Waals surface area contributed by atoms with Crippen molar-refractivity contribution in [2.24, 2.45) is 0 Å². The number of hydrogen-bond acceptors (Lipinski definition) is 4. The number of nitrogens with two attached hydrogens (primary N) is 1. The molecule has 2 heterocycles. The minimum atomic E-state index is 0.778. The molecule has 0 saturated carbocycles. The number of nitrogen functional groups attached to an aromatic ring is 1. The first kappa shape index (κ1) is 14.0. The summed E-state index contributed by atoms with van der Waals surface area (Å²) < 4.78 is 0. The van der Waals surface area contributed by atoms with E-state index < -0.39 is 0 Å². The predicted octanol–water partition coefficient (Wildman–Crippen LogP) is 3.47. The summed E-state index contributed by atoms with van der Waals surface area (Å²) >= 11 is 0. The number of anilines is 2. The van der Waals surface area contributed by atoms with E-state index in [1.54, 1.807) is 0 Å². The minimum absolute atomic E-state index is 0.778. The van der Waals surface area contributed by atoms with Gasteiger partial charge in [-0.15, -0.1) is 0 Å². The molecule has 1 aliphatic heterocycles. The van der Waals surface area contributed by atoms with Crippen LogP contribution in [0.5, 0.6) is 0 Å². The van der Waals surface area contributed by atoms with Crippen molar-refractivity contribution < 1.29 is 0 Å². The van der Waals surface area contributed by atoms with Crippen LogP contribution in [0, 0.1) is 6.92 Å². The second-order valence-corrected chi connectivity index (χ2v) is 6.11. The molecule has 0 bridgehead atoms. The predicted molar refractivity (Wildman–Crippen MR) is 94.5 cm³/mol. The lowest BCUT2D eigenvalue weighted by molar-refractivity contribution is 0.682. The van der Waals surface area contributed by atoms with Gasteiger partial charge in [0.1, 0.15) is 0 Å². The van der Waals surface area contributed by atoms with Crippen LogP contribution in [0.25, 0.3) is 11.0 Å². The zero-order valence-corrected chi connectivity index (χ0v) is 13.3. The van der Waals surface area contributed by atoms with Gasteiger partial charge in [0.25, 0.3) is 0 Å². The van der Waals surface area contributed by atoms with Crippen LogP contribution in [0.3, 0.4) is 0 Å². The molecule has 1 aromatic heterocycles. The monoisotopic (exact) mass is 304 g/mol. The largest absolute Gasteiger partial charge is 0.398 e. The zero-order chi connectivity index (χ0) is 15.8. The van der Waals surface area contributed by atoms with E-state index >= 15 is 0 Å². The van der Waals surface area contributed by atoms with Crippen molar-refractivity contribution in [2.45, 2.75) is 26.3 Å². The fourth-order valence-electron chi connectivity index (χ4n) is 3.35. The van der Waals surface area contributed by atoms with Crippen LogP contribution in [0.15, 0.2) is 42.5 Å². The second kappa shape index (κ2) is 5.54. The van der Waals surface area contributed by atoms with Crippen molar-refractivity contribution in [2.75, 3.05) is 17.2 Å². The van der Waals surface area contributed by atoms with Crippen LogP contribution in [-0.2, 0) is 13.0 Å². The molecule has 0 fully saturated rings. The molecule has 4 rings (SSSR count). The Hall–Kier alpha value is -2.62. The molecule has 0 atom stereocenters. The molecule has 0 amide bonds. The molecule has 3 aromatic rings. The molecule has 0 saturated heterocycles. The van der Waals surface area contributed by atoms with Crippen molar-refractivity contribution in [3.8, 4) is 0 Å². The number of fused-ring (bicyclic) bond motifs is 2. The van der Waals surface area contributed by atoms with Crippen LogP contribution in [0.1, 0.15) is 23.4 Å². The molecule has 4 heteroatoms. The van der Waals surface area contributed by atoms with E-state index in [0.717, 1.165) is 54.0 Å². The number of para-hydroxylation sites is 2. The van der Waals surface area contributed by atoms with Gasteiger partial charge in [-0.05, 0) is 49.6 Å². The van der Waals surface area contributed by atoms with Gasteiger partial charge >= 0.3 is 0 Å². The SMILES string of the molecule is Cc1nc2ccccc2nc1CN1CCCc2c(N)cccc21. The maximum absolute atomic E-state index is 6.15. The highest BCUT2D eigenvalue weighted by molar-refractivity contribution is 5.74. The maximum Gasteiger partial charge on any atom is 0.0891 e. The van der Waals surface area contributed by atoms with E-state index in [1.807, 2.05) is 43.3 Å². The number of aromatic nitrogens is 2. The fraction of sp³-hybridized carbons (Fsp3) is 0.263. The third-order valence-corrected chi connectivity index (χ3v) is 4.57. The Morgan fingerprint density at radius 2 is 1.83 bits per heavy atom. The van der Waals surface area contributed by atoms with Crippen LogP contribution in [0.2, 0.25) is 0 Å². The molecule has 0 aliphatic carbocycles. The van der Waals surface area contributed by atoms with Crippen molar-refractivity contribution >= 4 is 22.4 Å². The van der Waals surface area contributed by atoms with Crippen LogP contribution in [-0.4, -0.2) is 16.5 Å². The molecule has 116 valence electrons. The van der Waals surface area contributed by atoms with Gasteiger partial charge in [-0.1, -0.05) is 18.2 Å². The van der Waals surface area contributed by atoms with E-state index in [0.29, 0.717) is 0 Å². The average Bonchev–Trinajstić information content (AvgIpc) is 2.56. The standard InChI is InChI=1S/C19H20N4/c1-13-18(22-17-9-3-2-8-16(17)21-13)12-23-11-5-6-14-15(20)7-4-10-19(14)23/h2-4,7-10H,5-6,11-12,20H2,1H3. The quantitative estimate of drug-likeness (QED) is 0.737. The molecule has 4 nitrogen and oxygen atoms in total. The van der Waals surface area contributed by atoms with Gasteiger partial charge in [-0.3, -0.25) is 0 Å². The third kappa shape index (κ3) is 2.50. The lowest BCUT2D eigenvalue weighted by Crippen LogP contribution is -2.30. The molecule has 0 unspecified atom stereocenters. The first-order valence-electron chi connectivity index (χ1n) is 8.07. The summed E-state index contributed by atoms with van der Waals surface area (Å²) in [7, 11) is 0. The summed E-state index contributed by atoms with van der Waals surface area (Å²) in [5, 5.41) is 0. The summed E-state index contributed by atoms with van der Waals surface area (Å²) in [4.78, 5) is 11.9. The first-order valence-corrected chi connectivity index (χ1v) is 8.07. The number of benzene rings is 2. The molecule has 0 radical (unpaired) electrons. The summed E-state index contributed by atoms with van der Waals surface area (Å²) in [5.41, 5.74) is 13.5. The molecule has 0 spiro atoms. The minimum Gasteiger partial charge on any atom is -0.398 e. The molecular weight excluding hydrogens is 284 g/mol. The van der Waals surface area contributed by atoms with Crippen molar-refractivity contribution in [3.05, 3.63) is 59.4 Å². The summed E-state index contributed by atoms with van der Waals surface area (Å²) in [6.45, 7) is 3.85. The fourth-order valence-corrected chi connectivity index (χ4v) is 3.35. The summed E-state index contributed by atoms with van der Waals surface area (Å²) in [5.74, 6) is 0. The smallest absolute Gasteiger partial charge is 0.0891 e. The lowest BCUT2D eigenvalue weighted by Gasteiger charge is -2.32. The Kier molecular flexibility index (Phi) is 3.37. The number of rotatable bonds is 2. The van der Waals surface area contributed by atoms with E-state index in [2.05, 4.69) is 11.0 Å². The van der Waals surface area contributed by atoms with Crippen molar-refractivity contribution in [1.29, 1.82) is 0 Å². The van der Waals surface area contributed by atoms with Crippen molar-refractivity contribution in [1.82, 2.24) is 9.97 Å². The van der Waals surface area contributed by atoms with Crippen LogP contribution in [0.4, 0.5) is 11.4 Å². The Morgan fingerprint density at radius 1 is 1.04 bits per heavy atom. The first-order chi connectivity index (χ1) is 11.2. The van der Waals surface area contributed by atoms with Crippen LogP contribution >= 0.6 is 0 Å². The molecule has 23 heavy (non-hydrogen) atoms. The number of nitrogens with zero attached hydrogens (tertiary/aromatic N) is 3. The molecule has 2 aromatic carbocycles. The Morgan fingerprint density at radius 3 is 2.65 bits per heavy atom. The Balaban J connectivity index is 1.72. The van der Waals surface area contributed by atoms with Gasteiger partial charge in [0.05, 0.1) is 29.0 Å². The normalized spacial score (nSPS) is 14.0. The lowest BCUT2D eigenvalue weighted by atomic mass is 9.99. The van der Waals surface area contributed by atoms with Gasteiger partial charge in [0.15, 0.2) is 0 Å². The average molecular weight is 304 g/mol. The number of hydrogen-bond donors (Lipinski definition) is 1.